The molecule has 1 aliphatic heterocycles. The summed E-state index contributed by atoms with van der Waals surface area (Å²) in [5.41, 5.74) is 3.90. The predicted molar refractivity (Wildman–Crippen MR) is 103 cm³/mol. The maximum absolute atomic E-state index is 13.0. The largest absolute Gasteiger partial charge is 0.384 e. The van der Waals surface area contributed by atoms with Crippen molar-refractivity contribution in [2.45, 2.75) is 26.7 Å². The van der Waals surface area contributed by atoms with Crippen LogP contribution in [0.4, 0.5) is 0 Å². The van der Waals surface area contributed by atoms with Gasteiger partial charge in [-0.1, -0.05) is 0 Å². The molecule has 0 saturated carbocycles. The number of hydrogen-bond acceptors (Lipinski definition) is 5. The Hall–Kier alpha value is -2.54. The summed E-state index contributed by atoms with van der Waals surface area (Å²) in [6.07, 6.45) is 1.16. The Morgan fingerprint density at radius 1 is 1.00 bits per heavy atom. The number of carbonyl (C=O) groups is 2. The van der Waals surface area contributed by atoms with Gasteiger partial charge in [0.05, 0.1) is 35.4 Å². The highest BCUT2D eigenvalue weighted by Crippen LogP contribution is 2.17. The molecule has 0 N–H and O–H groups in total. The second kappa shape index (κ2) is 8.43. The molecule has 1 aromatic heterocycles. The van der Waals surface area contributed by atoms with Gasteiger partial charge in [-0.05, 0) is 38.5 Å². The molecule has 2 amide bonds. The summed E-state index contributed by atoms with van der Waals surface area (Å²) in [5, 5.41) is 0. The minimum absolute atomic E-state index is 0.0249. The first-order valence-corrected chi connectivity index (χ1v) is 9.30. The van der Waals surface area contributed by atoms with Crippen molar-refractivity contribution in [3.8, 4) is 0 Å². The van der Waals surface area contributed by atoms with E-state index in [4.69, 9.17) is 4.74 Å². The summed E-state index contributed by atoms with van der Waals surface area (Å²) in [5.74, 6) is 0.0566. The Morgan fingerprint density at radius 3 is 2.41 bits per heavy atom. The van der Waals surface area contributed by atoms with Gasteiger partial charge in [0, 0.05) is 38.9 Å². The number of amides is 2. The second-order valence-electron chi connectivity index (χ2n) is 6.87. The number of rotatable bonds is 4. The molecule has 1 saturated heterocycles. The monoisotopic (exact) mass is 370 g/mol. The third-order valence-corrected chi connectivity index (χ3v) is 4.98. The van der Waals surface area contributed by atoms with Crippen molar-refractivity contribution in [1.82, 2.24) is 19.8 Å². The van der Waals surface area contributed by atoms with Crippen LogP contribution in [0.15, 0.2) is 18.2 Å². The summed E-state index contributed by atoms with van der Waals surface area (Å²) in [6, 6.07) is 5.46. The fourth-order valence-electron chi connectivity index (χ4n) is 3.26. The predicted octanol–water partition coefficient (Wildman–Crippen LogP) is 1.96. The summed E-state index contributed by atoms with van der Waals surface area (Å²) in [7, 11) is 1.59. The molecule has 3 rings (SSSR count). The van der Waals surface area contributed by atoms with Crippen LogP contribution in [0.1, 0.15) is 34.6 Å². The molecule has 0 unspecified atom stereocenters. The molecule has 7 nitrogen and oxygen atoms in total. The highest BCUT2D eigenvalue weighted by Gasteiger charge is 2.23. The highest BCUT2D eigenvalue weighted by molar-refractivity contribution is 5.97. The van der Waals surface area contributed by atoms with E-state index in [9.17, 15) is 9.59 Å². The summed E-state index contributed by atoms with van der Waals surface area (Å²) < 4.78 is 4.98. The van der Waals surface area contributed by atoms with Crippen molar-refractivity contribution < 1.29 is 14.3 Å². The van der Waals surface area contributed by atoms with Gasteiger partial charge in [0.2, 0.25) is 5.91 Å². The number of hydrogen-bond donors (Lipinski definition) is 0. The van der Waals surface area contributed by atoms with Gasteiger partial charge >= 0.3 is 0 Å². The number of nitrogens with zero attached hydrogens (tertiary/aromatic N) is 4. The fraction of sp³-hybridized carbons (Fsp3) is 0.500. The first-order valence-electron chi connectivity index (χ1n) is 9.30. The van der Waals surface area contributed by atoms with E-state index in [0.29, 0.717) is 44.8 Å². The van der Waals surface area contributed by atoms with E-state index in [-0.39, 0.29) is 11.8 Å². The molecule has 1 fully saturated rings. The number of fused-ring (bicyclic) bond motifs is 1. The van der Waals surface area contributed by atoms with Gasteiger partial charge in [-0.25, -0.2) is 9.97 Å². The summed E-state index contributed by atoms with van der Waals surface area (Å²) in [4.78, 5) is 37.8. The van der Waals surface area contributed by atoms with Gasteiger partial charge in [0.25, 0.3) is 5.91 Å². The van der Waals surface area contributed by atoms with Crippen LogP contribution in [-0.2, 0) is 9.53 Å². The van der Waals surface area contributed by atoms with Gasteiger partial charge in [0.15, 0.2) is 0 Å². The molecule has 2 heterocycles. The van der Waals surface area contributed by atoms with Gasteiger partial charge in [-0.2, -0.15) is 0 Å². The SMILES string of the molecule is COCCC(=O)N1CCCN(C(=O)c2ccc3nc(C)c(C)nc3c2)CC1. The minimum atomic E-state index is -0.0249. The molecule has 7 heteroatoms. The van der Waals surface area contributed by atoms with E-state index >= 15 is 0 Å². The second-order valence-corrected chi connectivity index (χ2v) is 6.87. The van der Waals surface area contributed by atoms with Crippen LogP contribution in [0.2, 0.25) is 0 Å². The van der Waals surface area contributed by atoms with Crippen molar-refractivity contribution in [2.24, 2.45) is 0 Å². The van der Waals surface area contributed by atoms with Crippen LogP contribution in [0, 0.1) is 13.8 Å². The lowest BCUT2D eigenvalue weighted by atomic mass is 10.1. The van der Waals surface area contributed by atoms with Gasteiger partial charge in [-0.3, -0.25) is 9.59 Å². The standard InChI is InChI=1S/C20H26N4O3/c1-14-15(2)22-18-13-16(5-6-17(18)21-14)20(26)24-9-4-8-23(10-11-24)19(25)7-12-27-3/h5-6,13H,4,7-12H2,1-3H3. The summed E-state index contributed by atoms with van der Waals surface area (Å²) >= 11 is 0. The lowest BCUT2D eigenvalue weighted by Gasteiger charge is -2.22. The Bertz CT molecular complexity index is 852. The van der Waals surface area contributed by atoms with Crippen molar-refractivity contribution in [3.05, 3.63) is 35.2 Å². The Labute approximate surface area is 159 Å². The molecule has 0 bridgehead atoms. The molecule has 1 aromatic carbocycles. The first kappa shape index (κ1) is 19.2. The van der Waals surface area contributed by atoms with Crippen molar-refractivity contribution in [3.63, 3.8) is 0 Å². The molecule has 27 heavy (non-hydrogen) atoms. The normalized spacial score (nSPS) is 15.1. The third kappa shape index (κ3) is 4.42. The van der Waals surface area contributed by atoms with E-state index in [1.54, 1.807) is 13.2 Å². The molecule has 0 aliphatic carbocycles. The van der Waals surface area contributed by atoms with Crippen LogP contribution in [0.3, 0.4) is 0 Å². The molecule has 144 valence electrons. The minimum Gasteiger partial charge on any atom is -0.384 e. The number of methoxy groups -OCH3 is 1. The zero-order valence-corrected chi connectivity index (χ0v) is 16.2. The lowest BCUT2D eigenvalue weighted by Crippen LogP contribution is -2.37. The van der Waals surface area contributed by atoms with Crippen LogP contribution in [-0.4, -0.2) is 71.5 Å². The molecule has 2 aromatic rings. The van der Waals surface area contributed by atoms with Crippen molar-refractivity contribution >= 4 is 22.8 Å². The number of ether oxygens (including phenoxy) is 1. The van der Waals surface area contributed by atoms with Crippen molar-refractivity contribution in [2.75, 3.05) is 39.9 Å². The van der Waals surface area contributed by atoms with E-state index in [0.717, 1.165) is 28.8 Å². The van der Waals surface area contributed by atoms with E-state index in [2.05, 4.69) is 9.97 Å². The Kier molecular flexibility index (Phi) is 6.01. The molecular formula is C20H26N4O3. The van der Waals surface area contributed by atoms with Gasteiger partial charge < -0.3 is 14.5 Å². The zero-order chi connectivity index (χ0) is 19.4. The van der Waals surface area contributed by atoms with E-state index in [1.165, 1.54) is 0 Å². The van der Waals surface area contributed by atoms with Crippen LogP contribution in [0.25, 0.3) is 11.0 Å². The molecule has 1 aliphatic rings. The fourth-order valence-corrected chi connectivity index (χ4v) is 3.26. The third-order valence-electron chi connectivity index (χ3n) is 4.98. The Morgan fingerprint density at radius 2 is 1.67 bits per heavy atom. The number of aryl methyl sites for hydroxylation is 2. The average molecular weight is 370 g/mol. The summed E-state index contributed by atoms with van der Waals surface area (Å²) in [6.45, 7) is 6.68. The Balaban J connectivity index is 1.71. The van der Waals surface area contributed by atoms with Crippen LogP contribution < -0.4 is 0 Å². The van der Waals surface area contributed by atoms with Gasteiger partial charge in [-0.15, -0.1) is 0 Å². The number of aromatic nitrogens is 2. The zero-order valence-electron chi connectivity index (χ0n) is 16.2. The number of carbonyl (C=O) groups excluding carboxylic acids is 2. The molecule has 0 radical (unpaired) electrons. The van der Waals surface area contributed by atoms with Crippen LogP contribution >= 0.6 is 0 Å². The highest BCUT2D eigenvalue weighted by atomic mass is 16.5. The molecule has 0 spiro atoms. The van der Waals surface area contributed by atoms with Crippen LogP contribution in [0.5, 0.6) is 0 Å². The molecule has 0 atom stereocenters. The average Bonchev–Trinajstić information content (AvgIpc) is 2.92. The van der Waals surface area contributed by atoms with E-state index < -0.39 is 0 Å². The first-order chi connectivity index (χ1) is 13.0. The van der Waals surface area contributed by atoms with Gasteiger partial charge in [0.1, 0.15) is 0 Å². The van der Waals surface area contributed by atoms with E-state index in [1.807, 2.05) is 35.8 Å². The maximum Gasteiger partial charge on any atom is 0.253 e. The maximum atomic E-state index is 13.0. The molecular weight excluding hydrogens is 344 g/mol. The number of benzene rings is 1. The topological polar surface area (TPSA) is 75.6 Å². The smallest absolute Gasteiger partial charge is 0.253 e. The van der Waals surface area contributed by atoms with Crippen molar-refractivity contribution in [1.29, 1.82) is 0 Å². The lowest BCUT2D eigenvalue weighted by molar-refractivity contribution is -0.132. The quantitative estimate of drug-likeness (QED) is 0.822.